The topological polar surface area (TPSA) is 90.1 Å². The summed E-state index contributed by atoms with van der Waals surface area (Å²) >= 11 is 1.32. The standard InChI is InChI=1S/C17H20N4O3S/c1-6-23-17(22)14-8(2)12-15(18-7-19-16(12)25-14)20-9(3)13-10(4)21-24-11(13)5/h7,9H,6H2,1-5H3,(H,18,19,20). The second kappa shape index (κ2) is 6.79. The molecule has 1 N–H and O–H groups in total. The highest BCUT2D eigenvalue weighted by molar-refractivity contribution is 7.20. The minimum absolute atomic E-state index is 0.0466. The number of aryl methyl sites for hydroxylation is 3. The summed E-state index contributed by atoms with van der Waals surface area (Å²) in [5.74, 6) is 1.13. The molecule has 1 atom stereocenters. The molecule has 3 rings (SSSR count). The Hall–Kier alpha value is -2.48. The van der Waals surface area contributed by atoms with Crippen LogP contribution in [0.3, 0.4) is 0 Å². The minimum atomic E-state index is -0.326. The molecule has 7 nitrogen and oxygen atoms in total. The monoisotopic (exact) mass is 360 g/mol. The van der Waals surface area contributed by atoms with Crippen LogP contribution in [0.15, 0.2) is 10.9 Å². The van der Waals surface area contributed by atoms with Crippen molar-refractivity contribution in [3.63, 3.8) is 0 Å². The lowest BCUT2D eigenvalue weighted by Gasteiger charge is -2.15. The average Bonchev–Trinajstić information content (AvgIpc) is 3.08. The highest BCUT2D eigenvalue weighted by Gasteiger charge is 2.22. The SMILES string of the molecule is CCOC(=O)c1sc2ncnc(NC(C)c3c(C)noc3C)c2c1C. The molecule has 0 saturated carbocycles. The second-order valence-corrected chi connectivity index (χ2v) is 6.78. The van der Waals surface area contributed by atoms with Gasteiger partial charge in [-0.2, -0.15) is 0 Å². The van der Waals surface area contributed by atoms with Gasteiger partial charge in [-0.1, -0.05) is 5.16 Å². The van der Waals surface area contributed by atoms with E-state index in [9.17, 15) is 4.79 Å². The van der Waals surface area contributed by atoms with E-state index in [1.807, 2.05) is 27.7 Å². The van der Waals surface area contributed by atoms with Gasteiger partial charge in [0.05, 0.1) is 23.7 Å². The number of anilines is 1. The molecule has 0 aliphatic carbocycles. The van der Waals surface area contributed by atoms with E-state index >= 15 is 0 Å². The molecule has 0 aliphatic rings. The van der Waals surface area contributed by atoms with Crippen LogP contribution >= 0.6 is 11.3 Å². The van der Waals surface area contributed by atoms with Crippen molar-refractivity contribution in [2.75, 3.05) is 11.9 Å². The molecule has 3 heterocycles. The molecule has 3 aromatic rings. The Bertz CT molecular complexity index is 912. The summed E-state index contributed by atoms with van der Waals surface area (Å²) in [6.45, 7) is 9.84. The van der Waals surface area contributed by atoms with Gasteiger partial charge in [0.15, 0.2) is 0 Å². The van der Waals surface area contributed by atoms with Gasteiger partial charge in [-0.15, -0.1) is 11.3 Å². The first kappa shape index (κ1) is 17.3. The predicted molar refractivity (Wildman–Crippen MR) is 96.1 cm³/mol. The Morgan fingerprint density at radius 3 is 2.76 bits per heavy atom. The van der Waals surface area contributed by atoms with E-state index in [2.05, 4.69) is 20.4 Å². The van der Waals surface area contributed by atoms with Crippen LogP contribution in [0.5, 0.6) is 0 Å². The van der Waals surface area contributed by atoms with Crippen LogP contribution in [0.4, 0.5) is 5.82 Å². The van der Waals surface area contributed by atoms with Crippen molar-refractivity contribution >= 4 is 33.3 Å². The molecular formula is C17H20N4O3S. The Morgan fingerprint density at radius 1 is 1.36 bits per heavy atom. The van der Waals surface area contributed by atoms with E-state index in [1.54, 1.807) is 6.92 Å². The summed E-state index contributed by atoms with van der Waals surface area (Å²) in [7, 11) is 0. The number of esters is 1. The number of nitrogens with one attached hydrogen (secondary N) is 1. The number of hydrogen-bond donors (Lipinski definition) is 1. The molecule has 132 valence electrons. The zero-order valence-corrected chi connectivity index (χ0v) is 15.7. The molecule has 0 saturated heterocycles. The van der Waals surface area contributed by atoms with Crippen molar-refractivity contribution in [1.29, 1.82) is 0 Å². The third kappa shape index (κ3) is 3.09. The van der Waals surface area contributed by atoms with Gasteiger partial charge < -0.3 is 14.6 Å². The summed E-state index contributed by atoms with van der Waals surface area (Å²) in [6.07, 6.45) is 1.50. The molecule has 0 amide bonds. The highest BCUT2D eigenvalue weighted by Crippen LogP contribution is 2.35. The summed E-state index contributed by atoms with van der Waals surface area (Å²) in [5, 5.41) is 8.24. The fourth-order valence-corrected chi connectivity index (χ4v) is 4.00. The van der Waals surface area contributed by atoms with Gasteiger partial charge in [-0.05, 0) is 40.2 Å². The number of nitrogens with zero attached hydrogens (tertiary/aromatic N) is 3. The first-order valence-corrected chi connectivity index (χ1v) is 8.86. The number of rotatable bonds is 5. The number of carbonyl (C=O) groups is 1. The lowest BCUT2D eigenvalue weighted by molar-refractivity contribution is 0.0531. The van der Waals surface area contributed by atoms with Crippen LogP contribution in [0.25, 0.3) is 10.2 Å². The Morgan fingerprint density at radius 2 is 2.12 bits per heavy atom. The maximum absolute atomic E-state index is 12.1. The molecule has 3 aromatic heterocycles. The molecule has 0 bridgehead atoms. The average molecular weight is 360 g/mol. The molecule has 25 heavy (non-hydrogen) atoms. The normalized spacial score (nSPS) is 12.4. The zero-order valence-electron chi connectivity index (χ0n) is 14.8. The smallest absolute Gasteiger partial charge is 0.348 e. The van der Waals surface area contributed by atoms with Crippen LogP contribution < -0.4 is 5.32 Å². The highest BCUT2D eigenvalue weighted by atomic mass is 32.1. The van der Waals surface area contributed by atoms with Gasteiger partial charge in [-0.25, -0.2) is 14.8 Å². The van der Waals surface area contributed by atoms with E-state index in [-0.39, 0.29) is 12.0 Å². The third-order valence-corrected chi connectivity index (χ3v) is 5.24. The van der Waals surface area contributed by atoms with Crippen LogP contribution in [0.2, 0.25) is 0 Å². The number of carbonyl (C=O) groups excluding carboxylic acids is 1. The molecule has 0 aromatic carbocycles. The van der Waals surface area contributed by atoms with Crippen LogP contribution in [-0.4, -0.2) is 27.7 Å². The fourth-order valence-electron chi connectivity index (χ4n) is 2.96. The van der Waals surface area contributed by atoms with Crippen molar-refractivity contribution in [3.05, 3.63) is 33.8 Å². The first-order chi connectivity index (χ1) is 11.9. The maximum atomic E-state index is 12.1. The van der Waals surface area contributed by atoms with Crippen molar-refractivity contribution in [2.45, 2.75) is 40.7 Å². The third-order valence-electron chi connectivity index (χ3n) is 4.06. The molecule has 0 aliphatic heterocycles. The number of hydrogen-bond acceptors (Lipinski definition) is 8. The lowest BCUT2D eigenvalue weighted by Crippen LogP contribution is -2.10. The van der Waals surface area contributed by atoms with Gasteiger partial charge in [0.25, 0.3) is 0 Å². The number of ether oxygens (including phenoxy) is 1. The van der Waals surface area contributed by atoms with Crippen LogP contribution in [-0.2, 0) is 4.74 Å². The molecular weight excluding hydrogens is 340 g/mol. The summed E-state index contributed by atoms with van der Waals surface area (Å²) in [5.41, 5.74) is 2.68. The Balaban J connectivity index is 2.01. The second-order valence-electron chi connectivity index (χ2n) is 5.78. The molecule has 0 spiro atoms. The van der Waals surface area contributed by atoms with Crippen molar-refractivity contribution < 1.29 is 14.1 Å². The van der Waals surface area contributed by atoms with Gasteiger partial charge >= 0.3 is 5.97 Å². The Labute approximate surface area is 149 Å². The quantitative estimate of drug-likeness (QED) is 0.689. The van der Waals surface area contributed by atoms with Gasteiger partial charge in [0.1, 0.15) is 27.6 Å². The molecule has 0 radical (unpaired) electrons. The minimum Gasteiger partial charge on any atom is -0.462 e. The summed E-state index contributed by atoms with van der Waals surface area (Å²) < 4.78 is 10.4. The van der Waals surface area contributed by atoms with E-state index < -0.39 is 0 Å². The van der Waals surface area contributed by atoms with Gasteiger partial charge in [-0.3, -0.25) is 0 Å². The number of thiophene rings is 1. The van der Waals surface area contributed by atoms with Crippen LogP contribution in [0.1, 0.15) is 52.1 Å². The number of aromatic nitrogens is 3. The van der Waals surface area contributed by atoms with E-state index in [0.717, 1.165) is 32.8 Å². The number of fused-ring (bicyclic) bond motifs is 1. The molecule has 8 heteroatoms. The van der Waals surface area contributed by atoms with Gasteiger partial charge in [0, 0.05) is 5.56 Å². The molecule has 0 fully saturated rings. The van der Waals surface area contributed by atoms with Crippen molar-refractivity contribution in [3.8, 4) is 0 Å². The van der Waals surface area contributed by atoms with E-state index in [4.69, 9.17) is 9.26 Å². The predicted octanol–water partition coefficient (Wildman–Crippen LogP) is 3.95. The first-order valence-electron chi connectivity index (χ1n) is 8.04. The van der Waals surface area contributed by atoms with Crippen molar-refractivity contribution in [1.82, 2.24) is 15.1 Å². The maximum Gasteiger partial charge on any atom is 0.348 e. The lowest BCUT2D eigenvalue weighted by atomic mass is 10.1. The van der Waals surface area contributed by atoms with Gasteiger partial charge in [0.2, 0.25) is 0 Å². The Kier molecular flexibility index (Phi) is 4.71. The molecule has 1 unspecified atom stereocenters. The van der Waals surface area contributed by atoms with E-state index in [1.165, 1.54) is 17.7 Å². The summed E-state index contributed by atoms with van der Waals surface area (Å²) in [6, 6.07) is -0.0466. The van der Waals surface area contributed by atoms with Crippen molar-refractivity contribution in [2.24, 2.45) is 0 Å². The largest absolute Gasteiger partial charge is 0.462 e. The zero-order chi connectivity index (χ0) is 18.1. The summed E-state index contributed by atoms with van der Waals surface area (Å²) in [4.78, 5) is 22.1. The fraction of sp³-hybridized carbons (Fsp3) is 0.412. The van der Waals surface area contributed by atoms with E-state index in [0.29, 0.717) is 17.3 Å². The van der Waals surface area contributed by atoms with Crippen LogP contribution in [0, 0.1) is 20.8 Å².